The van der Waals surface area contributed by atoms with E-state index < -0.39 is 0 Å². The summed E-state index contributed by atoms with van der Waals surface area (Å²) in [4.78, 5) is 11.6. The number of carbonyl (C=O) groups excluding carboxylic acids is 1. The van der Waals surface area contributed by atoms with Gasteiger partial charge in [0.1, 0.15) is 0 Å². The van der Waals surface area contributed by atoms with Crippen LogP contribution in [-0.2, 0) is 0 Å². The number of amides is 1. The van der Waals surface area contributed by atoms with E-state index >= 15 is 0 Å². The molecule has 0 saturated heterocycles. The summed E-state index contributed by atoms with van der Waals surface area (Å²) >= 11 is 0. The van der Waals surface area contributed by atoms with Gasteiger partial charge in [0.15, 0.2) is 0 Å². The van der Waals surface area contributed by atoms with Crippen molar-refractivity contribution in [1.82, 2.24) is 5.32 Å². The third-order valence-corrected chi connectivity index (χ3v) is 2.90. The summed E-state index contributed by atoms with van der Waals surface area (Å²) in [6, 6.07) is 7.41. The molecule has 3 N–H and O–H groups in total. The lowest BCUT2D eigenvalue weighted by Crippen LogP contribution is -2.26. The van der Waals surface area contributed by atoms with Crippen molar-refractivity contribution in [3.63, 3.8) is 0 Å². The Morgan fingerprint density at radius 3 is 2.47 bits per heavy atom. The number of anilines is 1. The van der Waals surface area contributed by atoms with Gasteiger partial charge >= 0.3 is 0 Å². The largest absolute Gasteiger partial charge is 0.395 e. The molecule has 4 nitrogen and oxygen atoms in total. The molecule has 4 heteroatoms. The van der Waals surface area contributed by atoms with E-state index in [4.69, 9.17) is 5.11 Å². The summed E-state index contributed by atoms with van der Waals surface area (Å²) in [5.74, 6) is -0.149. The Hall–Kier alpha value is -1.55. The van der Waals surface area contributed by atoms with Crippen LogP contribution >= 0.6 is 0 Å². The first-order valence-corrected chi connectivity index (χ1v) is 7.01. The minimum absolute atomic E-state index is 0.0386. The predicted molar refractivity (Wildman–Crippen MR) is 78.5 cm³/mol. The van der Waals surface area contributed by atoms with Crippen molar-refractivity contribution in [3.05, 3.63) is 29.8 Å². The van der Waals surface area contributed by atoms with Crippen LogP contribution in [0.5, 0.6) is 0 Å². The van der Waals surface area contributed by atoms with E-state index in [9.17, 15) is 4.79 Å². The summed E-state index contributed by atoms with van der Waals surface area (Å²) in [6.45, 7) is 3.42. The number of aliphatic hydroxyl groups excluding tert-OH is 1. The molecular weight excluding hydrogens is 240 g/mol. The fourth-order valence-corrected chi connectivity index (χ4v) is 1.80. The molecule has 0 spiro atoms. The predicted octanol–water partition coefficient (Wildman–Crippen LogP) is 2.40. The minimum Gasteiger partial charge on any atom is -0.395 e. The normalized spacial score (nSPS) is 10.2. The molecule has 0 aliphatic rings. The highest BCUT2D eigenvalue weighted by molar-refractivity contribution is 5.94. The third kappa shape index (κ3) is 6.25. The molecule has 0 fully saturated rings. The van der Waals surface area contributed by atoms with E-state index in [1.165, 1.54) is 25.7 Å². The van der Waals surface area contributed by atoms with Crippen LogP contribution in [0.1, 0.15) is 43.0 Å². The Labute approximate surface area is 115 Å². The van der Waals surface area contributed by atoms with Gasteiger partial charge in [-0.3, -0.25) is 4.79 Å². The van der Waals surface area contributed by atoms with Crippen molar-refractivity contribution in [3.8, 4) is 0 Å². The Balaban J connectivity index is 2.32. The van der Waals surface area contributed by atoms with Gasteiger partial charge in [-0.05, 0) is 30.7 Å². The number of unbranched alkanes of at least 4 members (excludes halogenated alkanes) is 3. The summed E-state index contributed by atoms with van der Waals surface area (Å²) in [7, 11) is 0. The number of aliphatic hydroxyl groups is 1. The lowest BCUT2D eigenvalue weighted by molar-refractivity contribution is 0.0945. The molecule has 0 unspecified atom stereocenters. The summed E-state index contributed by atoms with van der Waals surface area (Å²) in [5.41, 5.74) is 1.65. The van der Waals surface area contributed by atoms with Gasteiger partial charge in [-0.15, -0.1) is 0 Å². The molecule has 1 aromatic rings. The maximum Gasteiger partial charge on any atom is 0.251 e. The second-order valence-electron chi connectivity index (χ2n) is 4.54. The van der Waals surface area contributed by atoms with Crippen LogP contribution in [0, 0.1) is 0 Å². The average molecular weight is 264 g/mol. The third-order valence-electron chi connectivity index (χ3n) is 2.90. The zero-order chi connectivity index (χ0) is 13.9. The Bertz CT molecular complexity index is 363. The first-order valence-electron chi connectivity index (χ1n) is 7.01. The fourth-order valence-electron chi connectivity index (χ4n) is 1.80. The SMILES string of the molecule is CCCCCCNc1ccc(C(=O)NCCO)cc1. The highest BCUT2D eigenvalue weighted by Gasteiger charge is 2.03. The number of carbonyl (C=O) groups is 1. The molecule has 1 amide bonds. The quantitative estimate of drug-likeness (QED) is 0.600. The van der Waals surface area contributed by atoms with Crippen molar-refractivity contribution in [2.24, 2.45) is 0 Å². The van der Waals surface area contributed by atoms with Gasteiger partial charge in [-0.1, -0.05) is 26.2 Å². The van der Waals surface area contributed by atoms with Crippen LogP contribution in [-0.4, -0.2) is 30.7 Å². The fraction of sp³-hybridized carbons (Fsp3) is 0.533. The molecule has 0 aliphatic heterocycles. The Kier molecular flexibility index (Phi) is 7.66. The molecule has 1 rings (SSSR count). The van der Waals surface area contributed by atoms with Crippen molar-refractivity contribution >= 4 is 11.6 Å². The second kappa shape index (κ2) is 9.39. The van der Waals surface area contributed by atoms with Crippen molar-refractivity contribution in [1.29, 1.82) is 0 Å². The molecule has 0 aliphatic carbocycles. The standard InChI is InChI=1S/C15H24N2O2/c1-2-3-4-5-10-16-14-8-6-13(7-9-14)15(19)17-11-12-18/h6-9,16,18H,2-5,10-12H2,1H3,(H,17,19). The van der Waals surface area contributed by atoms with Gasteiger partial charge in [-0.25, -0.2) is 0 Å². The number of hydrogen-bond donors (Lipinski definition) is 3. The van der Waals surface area contributed by atoms with E-state index in [0.29, 0.717) is 5.56 Å². The van der Waals surface area contributed by atoms with E-state index in [2.05, 4.69) is 17.6 Å². The maximum absolute atomic E-state index is 11.6. The lowest BCUT2D eigenvalue weighted by atomic mass is 10.2. The maximum atomic E-state index is 11.6. The zero-order valence-corrected chi connectivity index (χ0v) is 11.6. The van der Waals surface area contributed by atoms with Crippen molar-refractivity contribution in [2.75, 3.05) is 25.0 Å². The summed E-state index contributed by atoms with van der Waals surface area (Å²) in [5, 5.41) is 14.6. The minimum atomic E-state index is -0.149. The summed E-state index contributed by atoms with van der Waals surface area (Å²) in [6.07, 6.45) is 4.96. The Morgan fingerprint density at radius 1 is 1.11 bits per heavy atom. The van der Waals surface area contributed by atoms with Gasteiger partial charge in [0, 0.05) is 24.3 Å². The second-order valence-corrected chi connectivity index (χ2v) is 4.54. The molecule has 0 radical (unpaired) electrons. The molecule has 1 aromatic carbocycles. The lowest BCUT2D eigenvalue weighted by Gasteiger charge is -2.07. The first-order chi connectivity index (χ1) is 9.27. The highest BCUT2D eigenvalue weighted by atomic mass is 16.3. The molecule has 0 atom stereocenters. The van der Waals surface area contributed by atoms with Crippen LogP contribution in [0.4, 0.5) is 5.69 Å². The number of benzene rings is 1. The highest BCUT2D eigenvalue weighted by Crippen LogP contribution is 2.10. The monoisotopic (exact) mass is 264 g/mol. The van der Waals surface area contributed by atoms with Gasteiger partial charge in [0.2, 0.25) is 0 Å². The van der Waals surface area contributed by atoms with Crippen LogP contribution < -0.4 is 10.6 Å². The van der Waals surface area contributed by atoms with Gasteiger partial charge in [0.25, 0.3) is 5.91 Å². The zero-order valence-electron chi connectivity index (χ0n) is 11.6. The molecule has 106 valence electrons. The molecule has 0 bridgehead atoms. The number of nitrogens with one attached hydrogen (secondary N) is 2. The summed E-state index contributed by atoms with van der Waals surface area (Å²) < 4.78 is 0. The van der Waals surface area contributed by atoms with E-state index in [0.717, 1.165) is 12.2 Å². The van der Waals surface area contributed by atoms with Crippen LogP contribution in [0.2, 0.25) is 0 Å². The smallest absolute Gasteiger partial charge is 0.251 e. The van der Waals surface area contributed by atoms with Crippen LogP contribution in [0.25, 0.3) is 0 Å². The van der Waals surface area contributed by atoms with E-state index in [1.807, 2.05) is 12.1 Å². The van der Waals surface area contributed by atoms with Gasteiger partial charge < -0.3 is 15.7 Å². The number of hydrogen-bond acceptors (Lipinski definition) is 3. The van der Waals surface area contributed by atoms with Crippen molar-refractivity contribution < 1.29 is 9.90 Å². The number of rotatable bonds is 9. The van der Waals surface area contributed by atoms with Gasteiger partial charge in [-0.2, -0.15) is 0 Å². The molecular formula is C15H24N2O2. The molecule has 0 saturated carbocycles. The van der Waals surface area contributed by atoms with Crippen LogP contribution in [0.15, 0.2) is 24.3 Å². The molecule has 0 heterocycles. The van der Waals surface area contributed by atoms with E-state index in [-0.39, 0.29) is 19.1 Å². The first kappa shape index (κ1) is 15.5. The van der Waals surface area contributed by atoms with E-state index in [1.54, 1.807) is 12.1 Å². The Morgan fingerprint density at radius 2 is 1.84 bits per heavy atom. The van der Waals surface area contributed by atoms with Gasteiger partial charge in [0.05, 0.1) is 6.61 Å². The molecule has 19 heavy (non-hydrogen) atoms. The van der Waals surface area contributed by atoms with Crippen LogP contribution in [0.3, 0.4) is 0 Å². The van der Waals surface area contributed by atoms with Crippen molar-refractivity contribution in [2.45, 2.75) is 32.6 Å². The topological polar surface area (TPSA) is 61.4 Å². The molecule has 0 aromatic heterocycles. The average Bonchev–Trinajstić information content (AvgIpc) is 2.45.